The van der Waals surface area contributed by atoms with Gasteiger partial charge < -0.3 is 0 Å². The van der Waals surface area contributed by atoms with Gasteiger partial charge in [-0.15, -0.1) is 0 Å². The van der Waals surface area contributed by atoms with Crippen molar-refractivity contribution in [2.45, 2.75) is 61.9 Å². The lowest BCUT2D eigenvalue weighted by molar-refractivity contribution is -0.248. The largest absolute Gasteiger partial charge is 0.472 e. The second-order valence-electron chi connectivity index (χ2n) is 9.05. The maximum Gasteiger partial charge on any atom is 0.472 e. The van der Waals surface area contributed by atoms with Gasteiger partial charge in [-0.05, 0) is 19.3 Å². The maximum atomic E-state index is 14.0. The fourth-order valence-corrected chi connectivity index (χ4v) is 6.26. The molecule has 1 unspecified atom stereocenters. The minimum atomic E-state index is -8.29. The third-order valence-corrected chi connectivity index (χ3v) is 7.41. The summed E-state index contributed by atoms with van der Waals surface area (Å²) in [5, 5.41) is 0. The van der Waals surface area contributed by atoms with Gasteiger partial charge in [0.15, 0.2) is 11.0 Å². The third-order valence-electron chi connectivity index (χ3n) is 6.47. The van der Waals surface area contributed by atoms with Crippen molar-refractivity contribution in [3.63, 3.8) is 0 Å². The van der Waals surface area contributed by atoms with Gasteiger partial charge in [0.05, 0.1) is 0 Å². The van der Waals surface area contributed by atoms with Crippen LogP contribution in [-0.2, 0) is 39.1 Å². The molecule has 0 aliphatic heterocycles. The zero-order valence-corrected chi connectivity index (χ0v) is 21.8. The van der Waals surface area contributed by atoms with Crippen LogP contribution >= 0.6 is 0 Å². The number of ketones is 5. The molecule has 1 aliphatic carbocycles. The molecule has 0 radical (unpaired) electrons. The average molecular weight is 755 g/mol. The van der Waals surface area contributed by atoms with E-state index in [0.717, 1.165) is 0 Å². The molecule has 1 saturated carbocycles. The van der Waals surface area contributed by atoms with Crippen molar-refractivity contribution in [2.24, 2.45) is 10.8 Å². The smallest absolute Gasteiger partial charge is 0.288 e. The van der Waals surface area contributed by atoms with Crippen molar-refractivity contribution < 1.29 is 121 Å². The van der Waals surface area contributed by atoms with E-state index in [2.05, 4.69) is 0 Å². The lowest BCUT2D eigenvalue weighted by atomic mass is 9.41. The van der Waals surface area contributed by atoms with Gasteiger partial charge in [-0.25, -0.2) is 0 Å². The lowest BCUT2D eigenvalue weighted by Crippen LogP contribution is -2.85. The highest BCUT2D eigenvalue weighted by Gasteiger charge is 2.92. The molecule has 0 bridgehead atoms. The first-order valence-electron chi connectivity index (χ1n) is 10.7. The zero-order valence-electron chi connectivity index (χ0n) is 21.0. The van der Waals surface area contributed by atoms with Gasteiger partial charge in [0.2, 0.25) is 0 Å². The summed E-state index contributed by atoms with van der Waals surface area (Å²) < 4.78 is 278. The molecule has 47 heavy (non-hydrogen) atoms. The summed E-state index contributed by atoms with van der Waals surface area (Å²) in [6.07, 6.45) is -56.2. The van der Waals surface area contributed by atoms with Crippen LogP contribution in [0.2, 0.25) is 0 Å². The monoisotopic (exact) mass is 755 g/mol. The molecular weight excluding hydrogens is 748 g/mol. The Balaban J connectivity index is 5.48. The Morgan fingerprint density at radius 1 is 0.489 bits per heavy atom. The number of hydrogen-bond donors (Lipinski definition) is 1. The maximum absolute atomic E-state index is 14.0. The summed E-state index contributed by atoms with van der Waals surface area (Å²) in [7, 11) is -8.29. The van der Waals surface area contributed by atoms with Crippen molar-refractivity contribution in [1.82, 2.24) is 4.31 Å². The molecule has 270 valence electrons. The van der Waals surface area contributed by atoms with Crippen LogP contribution in [-0.4, -0.2) is 94.7 Å². The van der Waals surface area contributed by atoms with Crippen LogP contribution in [0.4, 0.5) is 79.0 Å². The van der Waals surface area contributed by atoms with Gasteiger partial charge in [-0.1, -0.05) is 0 Å². The number of hydrogen-bond acceptors (Lipinski definition) is 8. The molecule has 1 rings (SSSR count). The number of nitrogens with zero attached hydrogens (tertiary/aromatic N) is 1. The van der Waals surface area contributed by atoms with Gasteiger partial charge in [0, 0.05) is 0 Å². The van der Waals surface area contributed by atoms with Crippen molar-refractivity contribution in [3.8, 4) is 0 Å². The zero-order chi connectivity index (χ0) is 38.2. The van der Waals surface area contributed by atoms with Gasteiger partial charge in [0.25, 0.3) is 28.9 Å². The number of alkyl halides is 18. The first kappa shape index (κ1) is 41.5. The Kier molecular flexibility index (Phi) is 9.96. The molecular formula is C18H7F18NO9S. The number of carbonyl (C=O) groups is 6. The predicted molar refractivity (Wildman–Crippen MR) is 101 cm³/mol. The number of Topliss-reactive ketones (excluding diaryl/α,β-unsaturated/α-hetero) is 5. The number of carbonyl (C=O) groups excluding carboxylic acids is 6. The van der Waals surface area contributed by atoms with E-state index in [4.69, 9.17) is 0 Å². The second-order valence-corrected chi connectivity index (χ2v) is 10.3. The SMILES string of the molecule is O=C(N(C1(C(=O)C(F)(F)F)CCCC(C(=O)C(F)(F)F)(C(=O)C(F)(F)F)C1(C(=O)C(F)(F)F)C(=O)C(F)(F)F)S(=O)(=O)O)C(F)(F)F. The summed E-state index contributed by atoms with van der Waals surface area (Å²) in [6.45, 7) is 0. The van der Waals surface area contributed by atoms with Crippen LogP contribution in [0.1, 0.15) is 19.3 Å². The van der Waals surface area contributed by atoms with Crippen LogP contribution in [0.15, 0.2) is 0 Å². The average Bonchev–Trinajstić information content (AvgIpc) is 2.81. The molecule has 1 aliphatic rings. The van der Waals surface area contributed by atoms with E-state index in [1.165, 1.54) is 0 Å². The normalized spacial score (nSPS) is 21.1. The van der Waals surface area contributed by atoms with E-state index in [-0.39, 0.29) is 0 Å². The van der Waals surface area contributed by atoms with E-state index < -0.39 is 122 Å². The topological polar surface area (TPSA) is 160 Å². The number of halogens is 18. The summed E-state index contributed by atoms with van der Waals surface area (Å²) in [5.74, 6) is -32.0. The summed E-state index contributed by atoms with van der Waals surface area (Å²) in [6, 6.07) is 0. The van der Waals surface area contributed by atoms with Crippen LogP contribution < -0.4 is 0 Å². The lowest BCUT2D eigenvalue weighted by Gasteiger charge is -2.60. The van der Waals surface area contributed by atoms with E-state index in [1.807, 2.05) is 0 Å². The van der Waals surface area contributed by atoms with Gasteiger partial charge in [-0.3, -0.25) is 33.3 Å². The molecule has 1 N–H and O–H groups in total. The van der Waals surface area contributed by atoms with Crippen molar-refractivity contribution >= 4 is 45.1 Å². The van der Waals surface area contributed by atoms with Crippen molar-refractivity contribution in [3.05, 3.63) is 0 Å². The first-order valence-corrected chi connectivity index (χ1v) is 12.1. The highest BCUT2D eigenvalue weighted by atomic mass is 32.2. The molecule has 10 nitrogen and oxygen atoms in total. The first-order chi connectivity index (χ1) is 20.3. The Morgan fingerprint density at radius 3 is 1.02 bits per heavy atom. The Hall–Kier alpha value is -3.53. The highest BCUT2D eigenvalue weighted by molar-refractivity contribution is 7.84. The molecule has 1 atom stereocenters. The highest BCUT2D eigenvalue weighted by Crippen LogP contribution is 2.67. The molecule has 0 spiro atoms. The molecule has 0 aromatic carbocycles. The molecule has 0 aromatic heterocycles. The van der Waals surface area contributed by atoms with E-state index in [0.29, 0.717) is 0 Å². The number of amides is 1. The van der Waals surface area contributed by atoms with E-state index in [9.17, 15) is 121 Å². The quantitative estimate of drug-likeness (QED) is 0.232. The summed E-state index contributed by atoms with van der Waals surface area (Å²) in [4.78, 5) is 75.3. The minimum absolute atomic E-state index is 2.80. The Bertz CT molecular complexity index is 1430. The molecule has 0 aromatic rings. The molecule has 1 amide bonds. The predicted octanol–water partition coefficient (Wildman–Crippen LogP) is 3.73. The second kappa shape index (κ2) is 11.3. The van der Waals surface area contributed by atoms with E-state index >= 15 is 0 Å². The van der Waals surface area contributed by atoms with Crippen LogP contribution in [0.5, 0.6) is 0 Å². The fourth-order valence-electron chi connectivity index (χ4n) is 5.24. The molecule has 0 saturated heterocycles. The van der Waals surface area contributed by atoms with Crippen molar-refractivity contribution in [1.29, 1.82) is 0 Å². The molecule has 0 heterocycles. The molecule has 1 fully saturated rings. The summed E-state index contributed by atoms with van der Waals surface area (Å²) >= 11 is 0. The van der Waals surface area contributed by atoms with Gasteiger partial charge in [0.1, 0.15) is 5.41 Å². The third kappa shape index (κ3) is 6.37. The molecule has 29 heteroatoms. The van der Waals surface area contributed by atoms with Crippen LogP contribution in [0.3, 0.4) is 0 Å². The van der Waals surface area contributed by atoms with Crippen LogP contribution in [0, 0.1) is 10.8 Å². The number of rotatable bonds is 7. The van der Waals surface area contributed by atoms with Gasteiger partial charge >= 0.3 is 53.3 Å². The van der Waals surface area contributed by atoms with Crippen molar-refractivity contribution in [2.75, 3.05) is 0 Å². The standard InChI is InChI=1S/C18H7F18NO9S/c19-13(20,21)4(38)10(5(39)14(22,23)24)2-1-3-11(6(40)15(25,26)27,37(47(44,45)46)9(43)18(34,35)36)12(10,7(41)16(28,29)30)8(42)17(31,32)33/h1-3H2,(H,44,45,46). The Morgan fingerprint density at radius 2 is 0.787 bits per heavy atom. The van der Waals surface area contributed by atoms with Gasteiger partial charge in [-0.2, -0.15) is 91.8 Å². The van der Waals surface area contributed by atoms with E-state index in [1.54, 1.807) is 0 Å². The summed E-state index contributed by atoms with van der Waals surface area (Å²) in [5.41, 5.74) is -22.5. The fraction of sp³-hybridized carbons (Fsp3) is 0.667. The Labute approximate surface area is 243 Å². The minimum Gasteiger partial charge on any atom is -0.288 e. The van der Waals surface area contributed by atoms with Crippen LogP contribution in [0.25, 0.3) is 0 Å².